The van der Waals surface area contributed by atoms with E-state index in [1.807, 2.05) is 0 Å². The van der Waals surface area contributed by atoms with Crippen molar-refractivity contribution in [2.24, 2.45) is 0 Å². The molecule has 0 radical (unpaired) electrons. The molecule has 0 aliphatic carbocycles. The van der Waals surface area contributed by atoms with Gasteiger partial charge in [-0.1, -0.05) is 35.1 Å². The highest BCUT2D eigenvalue weighted by molar-refractivity contribution is 7.22. The van der Waals surface area contributed by atoms with Crippen LogP contribution in [0.15, 0.2) is 42.5 Å². The number of amides is 1. The molecule has 5 nitrogen and oxygen atoms in total. The van der Waals surface area contributed by atoms with Crippen molar-refractivity contribution in [3.63, 3.8) is 0 Å². The molecule has 1 aromatic heterocycles. The van der Waals surface area contributed by atoms with Crippen LogP contribution in [-0.2, 0) is 4.74 Å². The van der Waals surface area contributed by atoms with Crippen LogP contribution < -0.4 is 5.32 Å². The number of halogens is 1. The number of thiazole rings is 1. The van der Waals surface area contributed by atoms with Gasteiger partial charge in [0.15, 0.2) is 5.13 Å². The summed E-state index contributed by atoms with van der Waals surface area (Å²) in [6, 6.07) is 11.8. The number of hydrogen-bond donors (Lipinski definition) is 1. The highest BCUT2D eigenvalue weighted by Gasteiger charge is 2.14. The van der Waals surface area contributed by atoms with E-state index in [9.17, 15) is 9.59 Å². The van der Waals surface area contributed by atoms with Crippen LogP contribution in [0.1, 0.15) is 20.7 Å². The van der Waals surface area contributed by atoms with E-state index in [1.165, 1.54) is 18.4 Å². The number of aromatic nitrogens is 1. The number of nitrogens with one attached hydrogen (secondary N) is 1. The Bertz CT molecular complexity index is 907. The number of hydrogen-bond acceptors (Lipinski definition) is 5. The van der Waals surface area contributed by atoms with Crippen molar-refractivity contribution in [3.05, 3.63) is 58.6 Å². The molecule has 0 saturated carbocycles. The molecule has 1 amide bonds. The lowest BCUT2D eigenvalue weighted by Gasteiger charge is -2.02. The molecular weight excluding hydrogens is 336 g/mol. The second-order valence-corrected chi connectivity index (χ2v) is 6.06. The van der Waals surface area contributed by atoms with E-state index < -0.39 is 5.97 Å². The highest BCUT2D eigenvalue weighted by Crippen LogP contribution is 2.28. The summed E-state index contributed by atoms with van der Waals surface area (Å²) in [5.41, 5.74) is 1.51. The first-order valence-corrected chi connectivity index (χ1v) is 7.82. The molecule has 0 atom stereocenters. The van der Waals surface area contributed by atoms with E-state index >= 15 is 0 Å². The number of benzene rings is 2. The minimum Gasteiger partial charge on any atom is -0.465 e. The quantitative estimate of drug-likeness (QED) is 0.728. The number of esters is 1. The van der Waals surface area contributed by atoms with Crippen molar-refractivity contribution in [2.45, 2.75) is 0 Å². The lowest BCUT2D eigenvalue weighted by molar-refractivity contribution is 0.0601. The van der Waals surface area contributed by atoms with Crippen molar-refractivity contribution in [1.82, 2.24) is 4.98 Å². The minimum atomic E-state index is -0.415. The number of ether oxygens (including phenoxy) is 1. The van der Waals surface area contributed by atoms with Crippen molar-refractivity contribution < 1.29 is 14.3 Å². The van der Waals surface area contributed by atoms with Crippen molar-refractivity contribution in [1.29, 1.82) is 0 Å². The zero-order valence-corrected chi connectivity index (χ0v) is 13.6. The van der Waals surface area contributed by atoms with Crippen molar-refractivity contribution in [2.75, 3.05) is 12.4 Å². The fourth-order valence-corrected chi connectivity index (χ4v) is 3.15. The summed E-state index contributed by atoms with van der Waals surface area (Å²) < 4.78 is 5.47. The maximum absolute atomic E-state index is 12.2. The van der Waals surface area contributed by atoms with Gasteiger partial charge in [-0.3, -0.25) is 10.1 Å². The monoisotopic (exact) mass is 346 g/mol. The van der Waals surface area contributed by atoms with Crippen LogP contribution in [0.3, 0.4) is 0 Å². The highest BCUT2D eigenvalue weighted by atomic mass is 35.5. The summed E-state index contributed by atoms with van der Waals surface area (Å²) in [5.74, 6) is -0.746. The lowest BCUT2D eigenvalue weighted by Crippen LogP contribution is -2.11. The molecule has 0 bridgehead atoms. The smallest absolute Gasteiger partial charge is 0.337 e. The standard InChI is InChI=1S/C16H11ClN2O3S/c1-22-15(21)9-6-7-12-13(8-9)23-16(18-12)19-14(20)10-4-2-3-5-11(10)17/h2-8H,1H3,(H,18,19,20). The molecule has 0 aliphatic heterocycles. The van der Waals surface area contributed by atoms with E-state index in [0.717, 1.165) is 4.70 Å². The van der Waals surface area contributed by atoms with Gasteiger partial charge >= 0.3 is 5.97 Å². The van der Waals surface area contributed by atoms with Gasteiger partial charge in [0.1, 0.15) is 0 Å². The molecule has 3 rings (SSSR count). The van der Waals surface area contributed by atoms with E-state index in [-0.39, 0.29) is 5.91 Å². The van der Waals surface area contributed by atoms with Crippen LogP contribution >= 0.6 is 22.9 Å². The van der Waals surface area contributed by atoms with E-state index in [4.69, 9.17) is 11.6 Å². The molecule has 3 aromatic rings. The molecule has 0 aliphatic rings. The Morgan fingerprint density at radius 2 is 2.00 bits per heavy atom. The first kappa shape index (κ1) is 15.5. The van der Waals surface area contributed by atoms with Crippen LogP contribution in [0, 0.1) is 0 Å². The normalized spacial score (nSPS) is 10.5. The maximum atomic E-state index is 12.2. The molecule has 7 heteroatoms. The van der Waals surface area contributed by atoms with Crippen molar-refractivity contribution in [3.8, 4) is 0 Å². The molecule has 23 heavy (non-hydrogen) atoms. The third-order valence-electron chi connectivity index (χ3n) is 3.15. The Kier molecular flexibility index (Phi) is 4.27. The van der Waals surface area contributed by atoms with Crippen LogP contribution in [0.2, 0.25) is 5.02 Å². The van der Waals surface area contributed by atoms with Gasteiger partial charge in [0.25, 0.3) is 5.91 Å². The van der Waals surface area contributed by atoms with Crippen LogP contribution in [0.5, 0.6) is 0 Å². The third-order valence-corrected chi connectivity index (χ3v) is 4.41. The summed E-state index contributed by atoms with van der Waals surface area (Å²) in [5, 5.41) is 3.53. The molecule has 0 fully saturated rings. The molecule has 0 unspecified atom stereocenters. The lowest BCUT2D eigenvalue weighted by atomic mass is 10.2. The van der Waals surface area contributed by atoms with Crippen LogP contribution in [-0.4, -0.2) is 24.0 Å². The first-order valence-electron chi connectivity index (χ1n) is 6.63. The van der Waals surface area contributed by atoms with Crippen LogP contribution in [0.4, 0.5) is 5.13 Å². The van der Waals surface area contributed by atoms with Gasteiger partial charge in [-0.15, -0.1) is 0 Å². The zero-order valence-electron chi connectivity index (χ0n) is 12.0. The second kappa shape index (κ2) is 6.36. The number of methoxy groups -OCH3 is 1. The number of carbonyl (C=O) groups is 2. The predicted molar refractivity (Wildman–Crippen MR) is 90.4 cm³/mol. The molecule has 0 saturated heterocycles. The largest absolute Gasteiger partial charge is 0.465 e. The Morgan fingerprint density at radius 1 is 1.22 bits per heavy atom. The Morgan fingerprint density at radius 3 is 2.74 bits per heavy atom. The fourth-order valence-electron chi connectivity index (χ4n) is 2.03. The SMILES string of the molecule is COC(=O)c1ccc2nc(NC(=O)c3ccccc3Cl)sc2c1. The van der Waals surface area contributed by atoms with Gasteiger partial charge in [-0.2, -0.15) is 0 Å². The molecule has 0 spiro atoms. The fraction of sp³-hybridized carbons (Fsp3) is 0.0625. The summed E-state index contributed by atoms with van der Waals surface area (Å²) >= 11 is 7.28. The Hall–Kier alpha value is -2.44. The number of nitrogens with zero attached hydrogens (tertiary/aromatic N) is 1. The van der Waals surface area contributed by atoms with Gasteiger partial charge in [-0.25, -0.2) is 9.78 Å². The minimum absolute atomic E-state index is 0.331. The summed E-state index contributed by atoms with van der Waals surface area (Å²) in [7, 11) is 1.33. The third kappa shape index (κ3) is 3.18. The van der Waals surface area contributed by atoms with Gasteiger partial charge < -0.3 is 4.74 Å². The first-order chi connectivity index (χ1) is 11.1. The number of carbonyl (C=O) groups excluding carboxylic acids is 2. The predicted octanol–water partition coefficient (Wildman–Crippen LogP) is 3.99. The van der Waals surface area contributed by atoms with E-state index in [2.05, 4.69) is 15.0 Å². The van der Waals surface area contributed by atoms with Gasteiger partial charge in [0.2, 0.25) is 0 Å². The van der Waals surface area contributed by atoms with Gasteiger partial charge in [0, 0.05) is 0 Å². The zero-order chi connectivity index (χ0) is 16.4. The van der Waals surface area contributed by atoms with Gasteiger partial charge in [0.05, 0.1) is 33.5 Å². The Labute approximate surface area is 140 Å². The molecular formula is C16H11ClN2O3S. The van der Waals surface area contributed by atoms with E-state index in [1.54, 1.807) is 42.5 Å². The number of anilines is 1. The summed E-state index contributed by atoms with van der Waals surface area (Å²) in [6.07, 6.45) is 0. The summed E-state index contributed by atoms with van der Waals surface area (Å²) in [4.78, 5) is 28.1. The number of rotatable bonds is 3. The molecule has 1 N–H and O–H groups in total. The molecule has 1 heterocycles. The topological polar surface area (TPSA) is 68.3 Å². The average Bonchev–Trinajstić information content (AvgIpc) is 2.95. The molecule has 116 valence electrons. The maximum Gasteiger partial charge on any atom is 0.337 e. The average molecular weight is 347 g/mol. The second-order valence-electron chi connectivity index (χ2n) is 4.63. The van der Waals surface area contributed by atoms with Crippen LogP contribution in [0.25, 0.3) is 10.2 Å². The Balaban J connectivity index is 1.88. The summed E-state index contributed by atoms with van der Waals surface area (Å²) in [6.45, 7) is 0. The van der Waals surface area contributed by atoms with E-state index in [0.29, 0.717) is 26.8 Å². The van der Waals surface area contributed by atoms with Crippen molar-refractivity contribution >= 4 is 50.2 Å². The van der Waals surface area contributed by atoms with Gasteiger partial charge in [-0.05, 0) is 30.3 Å². The molecule has 2 aromatic carbocycles. The number of fused-ring (bicyclic) bond motifs is 1.